The van der Waals surface area contributed by atoms with E-state index < -0.39 is 17.2 Å². The third kappa shape index (κ3) is 8.36. The average Bonchev–Trinajstić information content (AvgIpc) is 3.33. The zero-order chi connectivity index (χ0) is 27.0. The van der Waals surface area contributed by atoms with Gasteiger partial charge in [-0.2, -0.15) is 0 Å². The van der Waals surface area contributed by atoms with Crippen LogP contribution < -0.4 is 9.47 Å². The molecule has 0 unspecified atom stereocenters. The van der Waals surface area contributed by atoms with Gasteiger partial charge in [-0.1, -0.05) is 12.1 Å². The maximum absolute atomic E-state index is 13.6. The Hall–Kier alpha value is -2.79. The molecule has 2 aromatic carbocycles. The highest BCUT2D eigenvalue weighted by molar-refractivity contribution is 5.77. The molecule has 0 aromatic heterocycles. The number of methoxy groups -OCH3 is 1. The van der Waals surface area contributed by atoms with Crippen LogP contribution in [0.1, 0.15) is 18.4 Å². The highest BCUT2D eigenvalue weighted by atomic mass is 19.1. The van der Waals surface area contributed by atoms with Crippen LogP contribution in [0.2, 0.25) is 0 Å². The van der Waals surface area contributed by atoms with Crippen molar-refractivity contribution >= 4 is 5.91 Å². The molecule has 38 heavy (non-hydrogen) atoms. The molecule has 2 aromatic rings. The van der Waals surface area contributed by atoms with E-state index in [2.05, 4.69) is 4.90 Å². The number of halogens is 2. The highest BCUT2D eigenvalue weighted by Gasteiger charge is 2.37. The van der Waals surface area contributed by atoms with Gasteiger partial charge in [0.1, 0.15) is 48.6 Å². The van der Waals surface area contributed by atoms with Crippen LogP contribution in [0.15, 0.2) is 42.5 Å². The Kier molecular flexibility index (Phi) is 9.90. The van der Waals surface area contributed by atoms with Gasteiger partial charge in [0.25, 0.3) is 0 Å². The van der Waals surface area contributed by atoms with Crippen molar-refractivity contribution in [1.29, 1.82) is 0 Å². The predicted octanol–water partition coefficient (Wildman–Crippen LogP) is 2.54. The molecule has 8 nitrogen and oxygen atoms in total. The summed E-state index contributed by atoms with van der Waals surface area (Å²) in [6.07, 6.45) is 2.52. The van der Waals surface area contributed by atoms with Crippen molar-refractivity contribution in [2.45, 2.75) is 25.0 Å². The van der Waals surface area contributed by atoms with E-state index in [1.165, 1.54) is 24.9 Å². The van der Waals surface area contributed by atoms with Crippen LogP contribution in [0.25, 0.3) is 0 Å². The largest absolute Gasteiger partial charge is 0.492 e. The van der Waals surface area contributed by atoms with Crippen molar-refractivity contribution in [1.82, 2.24) is 14.7 Å². The van der Waals surface area contributed by atoms with Gasteiger partial charge >= 0.3 is 0 Å². The number of rotatable bonds is 11. The predicted molar refractivity (Wildman–Crippen MR) is 138 cm³/mol. The van der Waals surface area contributed by atoms with E-state index in [0.717, 1.165) is 49.1 Å². The van der Waals surface area contributed by atoms with E-state index in [-0.39, 0.29) is 38.0 Å². The minimum Gasteiger partial charge on any atom is -0.492 e. The quantitative estimate of drug-likeness (QED) is 0.476. The number of amides is 1. The van der Waals surface area contributed by atoms with Gasteiger partial charge in [-0.25, -0.2) is 8.78 Å². The number of carbonyl (C=O) groups is 1. The standard InChI is InChI=1S/C28H37F2N3O5/c1-36-18-27(34)33-11-10-32(19-28(35,20-33)21-38-26-15-23(29)14-24(30)16-26)17-22-4-6-25(7-5-22)37-13-12-31-8-2-3-9-31/h4-7,14-16,35H,2-3,8-13,17-21H2,1H3/t28-/m0/s1. The van der Waals surface area contributed by atoms with Gasteiger partial charge in [-0.3, -0.25) is 14.6 Å². The number of ether oxygens (including phenoxy) is 3. The molecule has 2 aliphatic rings. The normalized spacial score (nSPS) is 20.9. The molecular weight excluding hydrogens is 496 g/mol. The van der Waals surface area contributed by atoms with Gasteiger partial charge < -0.3 is 24.2 Å². The Morgan fingerprint density at radius 1 is 0.921 bits per heavy atom. The molecule has 0 radical (unpaired) electrons. The number of carbonyl (C=O) groups excluding carboxylic acids is 1. The van der Waals surface area contributed by atoms with Gasteiger partial charge in [0.15, 0.2) is 0 Å². The smallest absolute Gasteiger partial charge is 0.248 e. The zero-order valence-corrected chi connectivity index (χ0v) is 21.9. The summed E-state index contributed by atoms with van der Waals surface area (Å²) in [4.78, 5) is 18.6. The summed E-state index contributed by atoms with van der Waals surface area (Å²) in [5.74, 6) is -1.00. The van der Waals surface area contributed by atoms with Gasteiger partial charge in [0.05, 0.1) is 6.54 Å². The van der Waals surface area contributed by atoms with Crippen LogP contribution in [0.3, 0.4) is 0 Å². The lowest BCUT2D eigenvalue weighted by Crippen LogP contribution is -2.52. The first-order valence-electron chi connectivity index (χ1n) is 13.1. The first-order valence-corrected chi connectivity index (χ1v) is 13.1. The number of benzene rings is 2. The second-order valence-corrected chi connectivity index (χ2v) is 10.1. The lowest BCUT2D eigenvalue weighted by Gasteiger charge is -2.33. The number of likely N-dealkylation sites (tertiary alicyclic amines) is 1. The molecule has 0 aliphatic carbocycles. The van der Waals surface area contributed by atoms with Gasteiger partial charge in [0.2, 0.25) is 5.91 Å². The molecule has 2 heterocycles. The molecule has 2 saturated heterocycles. The van der Waals surface area contributed by atoms with E-state index in [1.807, 2.05) is 29.2 Å². The van der Waals surface area contributed by atoms with Crippen molar-refractivity contribution in [3.63, 3.8) is 0 Å². The van der Waals surface area contributed by atoms with Gasteiger partial charge in [-0.05, 0) is 43.6 Å². The highest BCUT2D eigenvalue weighted by Crippen LogP contribution is 2.22. The first-order chi connectivity index (χ1) is 18.3. The number of hydrogen-bond acceptors (Lipinski definition) is 7. The fraction of sp³-hybridized carbons (Fsp3) is 0.536. The second kappa shape index (κ2) is 13.3. The maximum atomic E-state index is 13.6. The molecule has 1 N–H and O–H groups in total. The maximum Gasteiger partial charge on any atom is 0.248 e. The molecular formula is C28H37F2N3O5. The van der Waals surface area contributed by atoms with E-state index in [1.54, 1.807) is 0 Å². The third-order valence-corrected chi connectivity index (χ3v) is 6.86. The third-order valence-electron chi connectivity index (χ3n) is 6.86. The lowest BCUT2D eigenvalue weighted by molar-refractivity contribution is -0.138. The summed E-state index contributed by atoms with van der Waals surface area (Å²) < 4.78 is 43.7. The molecule has 0 spiro atoms. The van der Waals surface area contributed by atoms with Gasteiger partial charge in [0, 0.05) is 58.0 Å². The number of hydrogen-bond donors (Lipinski definition) is 1. The first kappa shape index (κ1) is 28.2. The lowest BCUT2D eigenvalue weighted by atomic mass is 10.0. The minimum absolute atomic E-state index is 0.00723. The van der Waals surface area contributed by atoms with Crippen molar-refractivity contribution in [2.24, 2.45) is 0 Å². The molecule has 10 heteroatoms. The molecule has 1 atom stereocenters. The Balaban J connectivity index is 1.38. The van der Waals surface area contributed by atoms with Crippen molar-refractivity contribution in [3.05, 3.63) is 59.7 Å². The summed E-state index contributed by atoms with van der Waals surface area (Å²) in [5.41, 5.74) is -0.439. The topological polar surface area (TPSA) is 74.7 Å². The van der Waals surface area contributed by atoms with Crippen molar-refractivity contribution in [3.8, 4) is 11.5 Å². The molecule has 4 rings (SSSR count). The van der Waals surface area contributed by atoms with Crippen molar-refractivity contribution in [2.75, 3.05) is 72.7 Å². The second-order valence-electron chi connectivity index (χ2n) is 10.1. The van der Waals surface area contributed by atoms with Crippen LogP contribution in [-0.2, 0) is 16.1 Å². The molecule has 2 fully saturated rings. The van der Waals surface area contributed by atoms with E-state index in [0.29, 0.717) is 26.2 Å². The fourth-order valence-electron chi connectivity index (χ4n) is 4.97. The Bertz CT molecular complexity index is 1030. The van der Waals surface area contributed by atoms with E-state index in [4.69, 9.17) is 14.2 Å². The molecule has 208 valence electrons. The van der Waals surface area contributed by atoms with Crippen LogP contribution in [-0.4, -0.2) is 104 Å². The summed E-state index contributed by atoms with van der Waals surface area (Å²) in [5, 5.41) is 11.5. The number of aliphatic hydroxyl groups is 1. The Morgan fingerprint density at radius 3 is 2.32 bits per heavy atom. The zero-order valence-electron chi connectivity index (χ0n) is 21.9. The minimum atomic E-state index is -1.47. The van der Waals surface area contributed by atoms with E-state index in [9.17, 15) is 18.7 Å². The van der Waals surface area contributed by atoms with Gasteiger partial charge in [-0.15, -0.1) is 0 Å². The number of nitrogens with zero attached hydrogens (tertiary/aromatic N) is 3. The van der Waals surface area contributed by atoms with Crippen LogP contribution in [0.4, 0.5) is 8.78 Å². The summed E-state index contributed by atoms with van der Waals surface area (Å²) in [6, 6.07) is 10.7. The average molecular weight is 534 g/mol. The molecule has 0 bridgehead atoms. The summed E-state index contributed by atoms with van der Waals surface area (Å²) >= 11 is 0. The molecule has 1 amide bonds. The molecule has 2 aliphatic heterocycles. The van der Waals surface area contributed by atoms with Crippen LogP contribution >= 0.6 is 0 Å². The molecule has 0 saturated carbocycles. The SMILES string of the molecule is COCC(=O)N1CCN(Cc2ccc(OCCN3CCCC3)cc2)C[C@@](O)(COc2cc(F)cc(F)c2)C1. The summed E-state index contributed by atoms with van der Waals surface area (Å²) in [7, 11) is 1.44. The Labute approximate surface area is 222 Å². The summed E-state index contributed by atoms with van der Waals surface area (Å²) in [6.45, 7) is 5.19. The van der Waals surface area contributed by atoms with Crippen molar-refractivity contribution < 1.29 is 32.9 Å². The van der Waals surface area contributed by atoms with Crippen LogP contribution in [0.5, 0.6) is 11.5 Å². The Morgan fingerprint density at radius 2 is 1.63 bits per heavy atom. The number of β-amino-alcohol motifs (C(OH)–C–C–N with tert-alkyl or cyclic N) is 1. The van der Waals surface area contributed by atoms with E-state index >= 15 is 0 Å². The van der Waals surface area contributed by atoms with Crippen LogP contribution in [0, 0.1) is 11.6 Å². The fourth-order valence-corrected chi connectivity index (χ4v) is 4.97. The monoisotopic (exact) mass is 533 g/mol.